The number of pyridine rings is 1. The van der Waals surface area contributed by atoms with Crippen molar-refractivity contribution in [2.24, 2.45) is 0 Å². The largest absolute Gasteiger partial charge is 0.345 e. The summed E-state index contributed by atoms with van der Waals surface area (Å²) in [5.74, 6) is 0.631. The van der Waals surface area contributed by atoms with Gasteiger partial charge in [0.05, 0.1) is 0 Å². The van der Waals surface area contributed by atoms with E-state index >= 15 is 0 Å². The van der Waals surface area contributed by atoms with Gasteiger partial charge in [0, 0.05) is 37.6 Å². The van der Waals surface area contributed by atoms with Gasteiger partial charge in [-0.25, -0.2) is 0 Å². The van der Waals surface area contributed by atoms with Gasteiger partial charge in [0.15, 0.2) is 6.71 Å². The molecule has 1 unspecified atom stereocenters. The Balaban J connectivity index is 1.66. The van der Waals surface area contributed by atoms with Crippen LogP contribution >= 0.6 is 0 Å². The number of aryl methyl sites for hydroxylation is 1. The van der Waals surface area contributed by atoms with Gasteiger partial charge in [0.1, 0.15) is 0 Å². The van der Waals surface area contributed by atoms with Gasteiger partial charge in [-0.05, 0) is 81.9 Å². The molecule has 0 N–H and O–H groups in total. The minimum atomic E-state index is 0.0635. The molecule has 5 heteroatoms. The number of piperidine rings is 1. The Kier molecular flexibility index (Phi) is 9.13. The number of hydrogen-bond acceptors (Lipinski definition) is 3. The van der Waals surface area contributed by atoms with Crippen LogP contribution in [0.2, 0.25) is 13.1 Å². The molecule has 182 valence electrons. The number of nitrogens with zero attached hydrogens (tertiary/aromatic N) is 3. The minimum absolute atomic E-state index is 0.0635. The summed E-state index contributed by atoms with van der Waals surface area (Å²) in [5, 5.41) is 0. The third-order valence-electron chi connectivity index (χ3n) is 7.62. The molecule has 3 rings (SSSR count). The lowest BCUT2D eigenvalue weighted by Crippen LogP contribution is -2.40. The molecule has 0 spiro atoms. The summed E-state index contributed by atoms with van der Waals surface area (Å²) >= 11 is 0. The summed E-state index contributed by atoms with van der Waals surface area (Å²) in [6.07, 6.45) is 9.07. The zero-order chi connectivity index (χ0) is 24.8. The summed E-state index contributed by atoms with van der Waals surface area (Å²) in [5.41, 5.74) is 7.40. The van der Waals surface area contributed by atoms with E-state index in [2.05, 4.69) is 68.7 Å². The van der Waals surface area contributed by atoms with E-state index in [4.69, 9.17) is 0 Å². The van der Waals surface area contributed by atoms with E-state index in [1.54, 1.807) is 19.0 Å². The number of hydrogen-bond donors (Lipinski definition) is 0. The summed E-state index contributed by atoms with van der Waals surface area (Å²) in [4.78, 5) is 21.0. The Morgan fingerprint density at radius 2 is 1.85 bits per heavy atom. The molecule has 1 aromatic heterocycles. The van der Waals surface area contributed by atoms with Gasteiger partial charge in [-0.15, -0.1) is 0 Å². The second-order valence-electron chi connectivity index (χ2n) is 10.3. The lowest BCUT2D eigenvalue weighted by molar-refractivity contribution is 0.0827. The SMILES string of the molecule is CCCB(C)c1ccnc(C)c1/C=C(\C)C(C)N1CCC(c2ccc(C(=O)N(C)C)cc2)CC1. The first-order chi connectivity index (χ1) is 16.2. The highest BCUT2D eigenvalue weighted by molar-refractivity contribution is 6.72. The second kappa shape index (κ2) is 11.8. The van der Waals surface area contributed by atoms with E-state index in [0.717, 1.165) is 37.2 Å². The first kappa shape index (κ1) is 26.2. The van der Waals surface area contributed by atoms with Gasteiger partial charge in [0.25, 0.3) is 5.91 Å². The molecule has 1 aliphatic heterocycles. The van der Waals surface area contributed by atoms with Crippen LogP contribution in [0.1, 0.15) is 73.1 Å². The Bertz CT molecular complexity index is 991. The van der Waals surface area contributed by atoms with Crippen LogP contribution in [0.4, 0.5) is 0 Å². The molecule has 0 saturated carbocycles. The number of likely N-dealkylation sites (tertiary alicyclic amines) is 1. The van der Waals surface area contributed by atoms with Crippen LogP contribution in [0.3, 0.4) is 0 Å². The fourth-order valence-electron chi connectivity index (χ4n) is 5.22. The molecule has 1 saturated heterocycles. The number of carbonyl (C=O) groups is 1. The van der Waals surface area contributed by atoms with Crippen molar-refractivity contribution in [3.05, 3.63) is 64.5 Å². The third-order valence-corrected chi connectivity index (χ3v) is 7.62. The summed E-state index contributed by atoms with van der Waals surface area (Å²) < 4.78 is 0. The van der Waals surface area contributed by atoms with Crippen molar-refractivity contribution >= 4 is 24.2 Å². The zero-order valence-corrected chi connectivity index (χ0v) is 22.3. The molecule has 2 heterocycles. The van der Waals surface area contributed by atoms with Crippen molar-refractivity contribution in [3.8, 4) is 0 Å². The van der Waals surface area contributed by atoms with Crippen LogP contribution < -0.4 is 5.46 Å². The van der Waals surface area contributed by atoms with E-state index < -0.39 is 0 Å². The van der Waals surface area contributed by atoms with Crippen molar-refractivity contribution in [2.75, 3.05) is 27.2 Å². The molecule has 0 bridgehead atoms. The Morgan fingerprint density at radius 3 is 2.44 bits per heavy atom. The molecule has 1 atom stereocenters. The van der Waals surface area contributed by atoms with Gasteiger partial charge in [-0.1, -0.05) is 55.7 Å². The van der Waals surface area contributed by atoms with Crippen LogP contribution in [-0.4, -0.2) is 60.6 Å². The van der Waals surface area contributed by atoms with Crippen molar-refractivity contribution in [2.45, 2.75) is 72.1 Å². The van der Waals surface area contributed by atoms with E-state index in [1.807, 2.05) is 18.3 Å². The van der Waals surface area contributed by atoms with Gasteiger partial charge < -0.3 is 4.90 Å². The van der Waals surface area contributed by atoms with Crippen molar-refractivity contribution < 1.29 is 4.79 Å². The minimum Gasteiger partial charge on any atom is -0.345 e. The lowest BCUT2D eigenvalue weighted by Gasteiger charge is -2.37. The quantitative estimate of drug-likeness (QED) is 0.489. The molecule has 4 nitrogen and oxygen atoms in total. The number of aromatic nitrogens is 1. The average molecular weight is 459 g/mol. The van der Waals surface area contributed by atoms with E-state index in [0.29, 0.717) is 18.7 Å². The monoisotopic (exact) mass is 459 g/mol. The highest BCUT2D eigenvalue weighted by Gasteiger charge is 2.25. The Hall–Kier alpha value is -2.40. The predicted octanol–water partition coefficient (Wildman–Crippen LogP) is 5.50. The number of carbonyl (C=O) groups excluding carboxylic acids is 1. The lowest BCUT2D eigenvalue weighted by atomic mass is 9.43. The van der Waals surface area contributed by atoms with Crippen LogP contribution in [0.25, 0.3) is 6.08 Å². The van der Waals surface area contributed by atoms with Crippen LogP contribution in [0, 0.1) is 6.92 Å². The molecular weight excluding hydrogens is 417 g/mol. The smallest absolute Gasteiger partial charge is 0.253 e. The van der Waals surface area contributed by atoms with E-state index in [1.165, 1.54) is 34.9 Å². The third kappa shape index (κ3) is 6.18. The number of rotatable bonds is 8. The Morgan fingerprint density at radius 1 is 1.21 bits per heavy atom. The second-order valence-corrected chi connectivity index (χ2v) is 10.3. The normalized spacial score (nSPS) is 16.4. The molecule has 1 fully saturated rings. The zero-order valence-electron chi connectivity index (χ0n) is 22.3. The number of amides is 1. The highest BCUT2D eigenvalue weighted by atomic mass is 16.2. The molecule has 1 amide bonds. The standard InChI is InChI=1S/C29H42BN3O/c1-8-16-30(5)28-13-17-31-22(3)27(28)20-21(2)23(4)33-18-14-25(15-19-33)24-9-11-26(12-10-24)29(34)32(6)7/h9-13,17,20,23,25H,8,14-16,18-19H2,1-7H3/b21-20+. The van der Waals surface area contributed by atoms with Crippen molar-refractivity contribution in [1.82, 2.24) is 14.8 Å². The number of benzene rings is 1. The Labute approximate surface area is 207 Å². The van der Waals surface area contributed by atoms with Gasteiger partial charge in [0.2, 0.25) is 0 Å². The van der Waals surface area contributed by atoms with Gasteiger partial charge in [-0.3, -0.25) is 14.7 Å². The highest BCUT2D eigenvalue weighted by Crippen LogP contribution is 2.30. The fourth-order valence-corrected chi connectivity index (χ4v) is 5.22. The molecule has 34 heavy (non-hydrogen) atoms. The van der Waals surface area contributed by atoms with Crippen molar-refractivity contribution in [1.29, 1.82) is 0 Å². The summed E-state index contributed by atoms with van der Waals surface area (Å²) in [7, 11) is 3.59. The molecule has 2 aromatic rings. The molecule has 0 aliphatic carbocycles. The topological polar surface area (TPSA) is 36.4 Å². The van der Waals surface area contributed by atoms with Crippen LogP contribution in [-0.2, 0) is 0 Å². The maximum atomic E-state index is 12.2. The van der Waals surface area contributed by atoms with Crippen LogP contribution in [0.5, 0.6) is 0 Å². The molecule has 0 radical (unpaired) electrons. The van der Waals surface area contributed by atoms with E-state index in [9.17, 15) is 4.79 Å². The molecular formula is C29H42BN3O. The van der Waals surface area contributed by atoms with Crippen molar-refractivity contribution in [3.63, 3.8) is 0 Å². The summed E-state index contributed by atoms with van der Waals surface area (Å²) in [6, 6.07) is 10.9. The molecule has 1 aliphatic rings. The fraction of sp³-hybridized carbons (Fsp3) is 0.517. The van der Waals surface area contributed by atoms with Crippen LogP contribution in [0.15, 0.2) is 42.1 Å². The maximum Gasteiger partial charge on any atom is 0.253 e. The predicted molar refractivity (Wildman–Crippen MR) is 146 cm³/mol. The van der Waals surface area contributed by atoms with Gasteiger partial charge >= 0.3 is 0 Å². The van der Waals surface area contributed by atoms with Gasteiger partial charge in [-0.2, -0.15) is 0 Å². The molecule has 1 aromatic carbocycles. The average Bonchev–Trinajstić information content (AvgIpc) is 2.84. The van der Waals surface area contributed by atoms with E-state index in [-0.39, 0.29) is 5.91 Å². The maximum absolute atomic E-state index is 12.2. The first-order valence-electron chi connectivity index (χ1n) is 12.9. The summed E-state index contributed by atoms with van der Waals surface area (Å²) in [6.45, 7) is 14.1. The first-order valence-corrected chi connectivity index (χ1v) is 12.9.